The Morgan fingerprint density at radius 2 is 2.38 bits per heavy atom. The zero-order chi connectivity index (χ0) is 15.0. The number of hydrogen-bond donors (Lipinski definition) is 2. The number of aromatic nitrogens is 2. The van der Waals surface area contributed by atoms with Crippen LogP contribution in [-0.4, -0.2) is 40.6 Å². The Kier molecular flexibility index (Phi) is 3.61. The minimum Gasteiger partial charge on any atom is -0.399 e. The molecule has 3 rings (SSSR count). The fourth-order valence-electron chi connectivity index (χ4n) is 2.88. The molecule has 1 saturated heterocycles. The molecule has 6 nitrogen and oxygen atoms in total. The quantitative estimate of drug-likeness (QED) is 0.834. The summed E-state index contributed by atoms with van der Waals surface area (Å²) < 4.78 is 13.2. The van der Waals surface area contributed by atoms with Gasteiger partial charge >= 0.3 is 0 Å². The molecule has 0 bridgehead atoms. The number of ether oxygens (including phenoxy) is 2. The molecule has 2 atom stereocenters. The second kappa shape index (κ2) is 5.29. The number of nitrogen functional groups attached to an aromatic ring is 1. The standard InChI is InChI=1S/C15H21N3O3/c1-10(19)14-17-12-7-11(16)3-4-13(12)18(14)8-15(20-2)5-6-21-9-15/h3-4,7,10,19H,5-6,8-9,16H2,1-2H3. The summed E-state index contributed by atoms with van der Waals surface area (Å²) in [5.41, 5.74) is 7.85. The lowest BCUT2D eigenvalue weighted by atomic mass is 10.0. The summed E-state index contributed by atoms with van der Waals surface area (Å²) in [5.74, 6) is 0.624. The molecular weight excluding hydrogens is 270 g/mol. The summed E-state index contributed by atoms with van der Waals surface area (Å²) in [5, 5.41) is 10.0. The van der Waals surface area contributed by atoms with Crippen molar-refractivity contribution >= 4 is 16.7 Å². The van der Waals surface area contributed by atoms with Crippen molar-refractivity contribution in [3.05, 3.63) is 24.0 Å². The number of hydrogen-bond acceptors (Lipinski definition) is 5. The fraction of sp³-hybridized carbons (Fsp3) is 0.533. The van der Waals surface area contributed by atoms with E-state index in [2.05, 4.69) is 4.98 Å². The van der Waals surface area contributed by atoms with E-state index >= 15 is 0 Å². The zero-order valence-corrected chi connectivity index (χ0v) is 12.4. The second-order valence-corrected chi connectivity index (χ2v) is 5.67. The van der Waals surface area contributed by atoms with E-state index in [0.29, 0.717) is 31.3 Å². The van der Waals surface area contributed by atoms with Crippen molar-refractivity contribution in [1.29, 1.82) is 0 Å². The van der Waals surface area contributed by atoms with Crippen molar-refractivity contribution < 1.29 is 14.6 Å². The van der Waals surface area contributed by atoms with Gasteiger partial charge in [0, 0.05) is 25.8 Å². The van der Waals surface area contributed by atoms with Crippen LogP contribution in [-0.2, 0) is 16.0 Å². The Bertz CT molecular complexity index is 645. The summed E-state index contributed by atoms with van der Waals surface area (Å²) in [7, 11) is 1.70. The van der Waals surface area contributed by atoms with Crippen LogP contribution in [0.1, 0.15) is 25.3 Å². The molecule has 2 heterocycles. The fourth-order valence-corrected chi connectivity index (χ4v) is 2.88. The summed E-state index contributed by atoms with van der Waals surface area (Å²) in [6.07, 6.45) is 0.173. The monoisotopic (exact) mass is 291 g/mol. The predicted octanol–water partition coefficient (Wildman–Crippen LogP) is 1.48. The number of rotatable bonds is 4. The minimum absolute atomic E-state index is 0.362. The van der Waals surface area contributed by atoms with Crippen molar-refractivity contribution in [1.82, 2.24) is 9.55 Å². The Morgan fingerprint density at radius 1 is 1.57 bits per heavy atom. The number of nitrogens with zero attached hydrogens (tertiary/aromatic N) is 2. The molecule has 0 aliphatic carbocycles. The maximum atomic E-state index is 10.0. The van der Waals surface area contributed by atoms with Crippen molar-refractivity contribution in [2.45, 2.75) is 31.6 Å². The molecule has 1 fully saturated rings. The molecule has 0 spiro atoms. The summed E-state index contributed by atoms with van der Waals surface area (Å²) >= 11 is 0. The van der Waals surface area contributed by atoms with Crippen LogP contribution < -0.4 is 5.73 Å². The summed E-state index contributed by atoms with van der Waals surface area (Å²) in [4.78, 5) is 4.52. The largest absolute Gasteiger partial charge is 0.399 e. The molecule has 2 unspecified atom stereocenters. The van der Waals surface area contributed by atoms with E-state index in [1.807, 2.05) is 22.8 Å². The molecule has 21 heavy (non-hydrogen) atoms. The molecule has 0 saturated carbocycles. The SMILES string of the molecule is COC1(Cn2c(C(C)O)nc3cc(N)ccc32)CCOC1. The van der Waals surface area contributed by atoms with E-state index < -0.39 is 6.10 Å². The highest BCUT2D eigenvalue weighted by Gasteiger charge is 2.36. The van der Waals surface area contributed by atoms with E-state index in [-0.39, 0.29) is 5.60 Å². The summed E-state index contributed by atoms with van der Waals surface area (Å²) in [6, 6.07) is 5.60. The molecule has 1 aromatic carbocycles. The smallest absolute Gasteiger partial charge is 0.138 e. The van der Waals surface area contributed by atoms with Crippen LogP contribution in [0, 0.1) is 0 Å². The van der Waals surface area contributed by atoms with Crippen LogP contribution >= 0.6 is 0 Å². The highest BCUT2D eigenvalue weighted by Crippen LogP contribution is 2.29. The first-order valence-electron chi connectivity index (χ1n) is 7.11. The van der Waals surface area contributed by atoms with Gasteiger partial charge in [-0.2, -0.15) is 0 Å². The van der Waals surface area contributed by atoms with Crippen molar-refractivity contribution in [3.63, 3.8) is 0 Å². The van der Waals surface area contributed by atoms with Gasteiger partial charge in [0.1, 0.15) is 17.5 Å². The Balaban J connectivity index is 2.09. The number of imidazole rings is 1. The Morgan fingerprint density at radius 3 is 3.00 bits per heavy atom. The zero-order valence-electron chi connectivity index (χ0n) is 12.4. The topological polar surface area (TPSA) is 82.5 Å². The van der Waals surface area contributed by atoms with Gasteiger partial charge < -0.3 is 24.9 Å². The van der Waals surface area contributed by atoms with Crippen molar-refractivity contribution in [2.24, 2.45) is 0 Å². The number of nitrogens with two attached hydrogens (primary N) is 1. The van der Waals surface area contributed by atoms with E-state index in [0.717, 1.165) is 17.5 Å². The third-order valence-electron chi connectivity index (χ3n) is 4.12. The number of aliphatic hydroxyl groups is 1. The van der Waals surface area contributed by atoms with Gasteiger partial charge in [-0.05, 0) is 25.1 Å². The normalized spacial score (nSPS) is 23.8. The molecule has 1 aromatic heterocycles. The predicted molar refractivity (Wildman–Crippen MR) is 80.0 cm³/mol. The van der Waals surface area contributed by atoms with Gasteiger partial charge in [-0.25, -0.2) is 4.98 Å². The van der Waals surface area contributed by atoms with Gasteiger partial charge in [0.05, 0.1) is 24.2 Å². The van der Waals surface area contributed by atoms with Gasteiger partial charge in [-0.15, -0.1) is 0 Å². The molecule has 2 aromatic rings. The number of aliphatic hydroxyl groups excluding tert-OH is 1. The lowest BCUT2D eigenvalue weighted by Gasteiger charge is -2.27. The molecular formula is C15H21N3O3. The van der Waals surface area contributed by atoms with Gasteiger partial charge in [0.25, 0.3) is 0 Å². The van der Waals surface area contributed by atoms with Crippen LogP contribution in [0.2, 0.25) is 0 Å². The lowest BCUT2D eigenvalue weighted by Crippen LogP contribution is -2.37. The molecule has 1 aliphatic rings. The average molecular weight is 291 g/mol. The maximum Gasteiger partial charge on any atom is 0.138 e. The molecule has 114 valence electrons. The van der Waals surface area contributed by atoms with Gasteiger partial charge in [0.2, 0.25) is 0 Å². The third-order valence-corrected chi connectivity index (χ3v) is 4.12. The van der Waals surface area contributed by atoms with Crippen molar-refractivity contribution in [2.75, 3.05) is 26.1 Å². The van der Waals surface area contributed by atoms with E-state index in [9.17, 15) is 5.11 Å². The van der Waals surface area contributed by atoms with Crippen LogP contribution in [0.5, 0.6) is 0 Å². The first kappa shape index (κ1) is 14.3. The van der Waals surface area contributed by atoms with Crippen molar-refractivity contribution in [3.8, 4) is 0 Å². The number of anilines is 1. The molecule has 0 amide bonds. The number of methoxy groups -OCH3 is 1. The Labute approximate surface area is 123 Å². The molecule has 3 N–H and O–H groups in total. The van der Waals surface area contributed by atoms with Gasteiger partial charge in [-0.1, -0.05) is 0 Å². The van der Waals surface area contributed by atoms with E-state index in [1.54, 1.807) is 14.0 Å². The van der Waals surface area contributed by atoms with Gasteiger partial charge in [0.15, 0.2) is 0 Å². The van der Waals surface area contributed by atoms with Crippen LogP contribution in [0.4, 0.5) is 5.69 Å². The maximum absolute atomic E-state index is 10.0. The Hall–Kier alpha value is -1.63. The molecule has 1 aliphatic heterocycles. The highest BCUT2D eigenvalue weighted by atomic mass is 16.5. The molecule has 6 heteroatoms. The first-order valence-corrected chi connectivity index (χ1v) is 7.11. The second-order valence-electron chi connectivity index (χ2n) is 5.67. The molecule has 0 radical (unpaired) electrons. The summed E-state index contributed by atoms with van der Waals surface area (Å²) in [6.45, 7) is 3.56. The first-order chi connectivity index (χ1) is 10.0. The van der Waals surface area contributed by atoms with Gasteiger partial charge in [-0.3, -0.25) is 0 Å². The lowest BCUT2D eigenvalue weighted by molar-refractivity contribution is -0.0301. The average Bonchev–Trinajstić information content (AvgIpc) is 3.05. The van der Waals surface area contributed by atoms with Crippen LogP contribution in [0.3, 0.4) is 0 Å². The third kappa shape index (κ3) is 2.50. The van der Waals surface area contributed by atoms with Crippen LogP contribution in [0.25, 0.3) is 11.0 Å². The number of fused-ring (bicyclic) bond motifs is 1. The minimum atomic E-state index is -0.658. The van der Waals surface area contributed by atoms with E-state index in [4.69, 9.17) is 15.2 Å². The van der Waals surface area contributed by atoms with E-state index in [1.165, 1.54) is 0 Å². The highest BCUT2D eigenvalue weighted by molar-refractivity contribution is 5.79. The van der Waals surface area contributed by atoms with Crippen LogP contribution in [0.15, 0.2) is 18.2 Å². The number of benzene rings is 1.